The standard InChI is InChI=1S/C22H26N6O10/c23-21(37)19(25-12(29)7-10-27-14(31)3-4-15(27)32)20(22(38)24-9-1-2-18(35)36)26-13(30)8-11-28-16(33)5-6-17(28)34/h3-6,19-20H,1-2,7-11H2,(H2,23,37)(H,24,38)(H,25,29)(H,26,30)(H,35,36)/t19-,20+/m0/s1. The summed E-state index contributed by atoms with van der Waals surface area (Å²) < 4.78 is 0. The molecule has 6 N–H and O–H groups in total. The van der Waals surface area contributed by atoms with Gasteiger partial charge in [-0.05, 0) is 6.42 Å². The van der Waals surface area contributed by atoms with Crippen molar-refractivity contribution in [3.05, 3.63) is 24.3 Å². The van der Waals surface area contributed by atoms with Gasteiger partial charge in [0.25, 0.3) is 23.6 Å². The number of imide groups is 2. The molecule has 16 heteroatoms. The fourth-order valence-electron chi connectivity index (χ4n) is 3.40. The number of nitrogens with one attached hydrogen (secondary N) is 3. The molecule has 2 heterocycles. The molecular weight excluding hydrogens is 508 g/mol. The van der Waals surface area contributed by atoms with Crippen molar-refractivity contribution in [1.82, 2.24) is 25.8 Å². The van der Waals surface area contributed by atoms with Crippen LogP contribution in [0.1, 0.15) is 25.7 Å². The molecule has 204 valence electrons. The molecule has 0 unspecified atom stereocenters. The second-order valence-corrected chi connectivity index (χ2v) is 8.10. The number of rotatable bonds is 15. The molecule has 0 spiro atoms. The second-order valence-electron chi connectivity index (χ2n) is 8.10. The summed E-state index contributed by atoms with van der Waals surface area (Å²) in [6.45, 7) is -0.805. The highest BCUT2D eigenvalue weighted by Gasteiger charge is 2.36. The number of carbonyl (C=O) groups is 9. The summed E-state index contributed by atoms with van der Waals surface area (Å²) in [6, 6.07) is -3.54. The van der Waals surface area contributed by atoms with Gasteiger partial charge in [-0.2, -0.15) is 0 Å². The number of nitrogens with two attached hydrogens (primary N) is 1. The predicted molar refractivity (Wildman–Crippen MR) is 124 cm³/mol. The van der Waals surface area contributed by atoms with E-state index in [4.69, 9.17) is 10.8 Å². The number of primary amides is 1. The first-order valence-corrected chi connectivity index (χ1v) is 11.3. The van der Waals surface area contributed by atoms with E-state index < -0.39 is 78.2 Å². The van der Waals surface area contributed by atoms with Crippen molar-refractivity contribution in [2.75, 3.05) is 19.6 Å². The summed E-state index contributed by atoms with van der Waals surface area (Å²) >= 11 is 0. The van der Waals surface area contributed by atoms with E-state index in [2.05, 4.69) is 16.0 Å². The zero-order chi connectivity index (χ0) is 28.4. The summed E-state index contributed by atoms with van der Waals surface area (Å²) in [5.74, 6) is -7.59. The van der Waals surface area contributed by atoms with Crippen molar-refractivity contribution < 1.29 is 48.3 Å². The van der Waals surface area contributed by atoms with Gasteiger partial charge < -0.3 is 26.8 Å². The third kappa shape index (κ3) is 8.35. The highest BCUT2D eigenvalue weighted by molar-refractivity contribution is 6.13. The zero-order valence-electron chi connectivity index (χ0n) is 20.0. The second kappa shape index (κ2) is 13.4. The minimum Gasteiger partial charge on any atom is -0.481 e. The molecule has 0 fully saturated rings. The Labute approximate surface area is 215 Å². The Morgan fingerprint density at radius 3 is 1.55 bits per heavy atom. The summed E-state index contributed by atoms with van der Waals surface area (Å²) in [7, 11) is 0. The van der Waals surface area contributed by atoms with Crippen molar-refractivity contribution in [3.8, 4) is 0 Å². The van der Waals surface area contributed by atoms with Crippen molar-refractivity contribution in [2.45, 2.75) is 37.8 Å². The molecule has 0 aromatic rings. The van der Waals surface area contributed by atoms with Gasteiger partial charge in [-0.1, -0.05) is 0 Å². The van der Waals surface area contributed by atoms with Gasteiger partial charge in [-0.25, -0.2) is 0 Å². The van der Waals surface area contributed by atoms with Crippen LogP contribution in [0.5, 0.6) is 0 Å². The van der Waals surface area contributed by atoms with Gasteiger partial charge in [0, 0.05) is 63.2 Å². The Bertz CT molecular complexity index is 1080. The first-order chi connectivity index (χ1) is 17.9. The molecule has 2 aliphatic rings. The van der Waals surface area contributed by atoms with Gasteiger partial charge in [0.2, 0.25) is 23.6 Å². The number of amides is 8. The normalized spacial score (nSPS) is 16.0. The first kappa shape index (κ1) is 29.3. The average molecular weight is 534 g/mol. The fraction of sp³-hybridized carbons (Fsp3) is 0.409. The lowest BCUT2D eigenvalue weighted by atomic mass is 10.1. The van der Waals surface area contributed by atoms with Crippen LogP contribution >= 0.6 is 0 Å². The van der Waals surface area contributed by atoms with E-state index in [-0.39, 0.29) is 32.5 Å². The largest absolute Gasteiger partial charge is 0.481 e. The average Bonchev–Trinajstić information content (AvgIpc) is 3.34. The van der Waals surface area contributed by atoms with E-state index in [1.54, 1.807) is 0 Å². The molecule has 2 atom stereocenters. The van der Waals surface area contributed by atoms with Gasteiger partial charge in [-0.3, -0.25) is 53.0 Å². The monoisotopic (exact) mass is 534 g/mol. The van der Waals surface area contributed by atoms with E-state index in [0.717, 1.165) is 34.1 Å². The van der Waals surface area contributed by atoms with E-state index in [1.165, 1.54) is 0 Å². The number of hydrogen-bond donors (Lipinski definition) is 5. The summed E-state index contributed by atoms with van der Waals surface area (Å²) in [5, 5.41) is 15.5. The molecule has 0 bridgehead atoms. The molecule has 2 aliphatic heterocycles. The van der Waals surface area contributed by atoms with Crippen LogP contribution in [0.25, 0.3) is 0 Å². The van der Waals surface area contributed by atoms with Crippen LogP contribution in [-0.4, -0.2) is 99.9 Å². The third-order valence-electron chi connectivity index (χ3n) is 5.35. The summed E-state index contributed by atoms with van der Waals surface area (Å²) in [6.07, 6.45) is 2.92. The van der Waals surface area contributed by atoms with Gasteiger partial charge in [0.1, 0.15) is 12.1 Å². The molecular formula is C22H26N6O10. The van der Waals surface area contributed by atoms with Crippen LogP contribution in [-0.2, 0) is 43.2 Å². The maximum absolute atomic E-state index is 12.8. The number of nitrogens with zero attached hydrogens (tertiary/aromatic N) is 2. The molecule has 2 rings (SSSR count). The Balaban J connectivity index is 2.07. The lowest BCUT2D eigenvalue weighted by molar-refractivity contribution is -0.140. The molecule has 16 nitrogen and oxygen atoms in total. The van der Waals surface area contributed by atoms with E-state index in [0.29, 0.717) is 0 Å². The third-order valence-corrected chi connectivity index (χ3v) is 5.35. The van der Waals surface area contributed by atoms with Crippen LogP contribution in [0.15, 0.2) is 24.3 Å². The van der Waals surface area contributed by atoms with Crippen LogP contribution < -0.4 is 21.7 Å². The van der Waals surface area contributed by atoms with Crippen LogP contribution in [0.4, 0.5) is 0 Å². The lowest BCUT2D eigenvalue weighted by Crippen LogP contribution is -2.63. The van der Waals surface area contributed by atoms with Crippen molar-refractivity contribution in [3.63, 3.8) is 0 Å². The highest BCUT2D eigenvalue weighted by atomic mass is 16.4. The van der Waals surface area contributed by atoms with E-state index in [1.807, 2.05) is 0 Å². The maximum Gasteiger partial charge on any atom is 0.303 e. The van der Waals surface area contributed by atoms with E-state index >= 15 is 0 Å². The first-order valence-electron chi connectivity index (χ1n) is 11.3. The van der Waals surface area contributed by atoms with E-state index in [9.17, 15) is 43.2 Å². The van der Waals surface area contributed by atoms with Crippen molar-refractivity contribution in [1.29, 1.82) is 0 Å². The molecule has 38 heavy (non-hydrogen) atoms. The Morgan fingerprint density at radius 2 is 1.16 bits per heavy atom. The molecule has 0 radical (unpaired) electrons. The lowest BCUT2D eigenvalue weighted by Gasteiger charge is -2.26. The molecule has 0 aromatic carbocycles. The van der Waals surface area contributed by atoms with Gasteiger partial charge in [0.15, 0.2) is 0 Å². The Hall–Kier alpha value is -4.89. The minimum atomic E-state index is -1.79. The molecule has 0 aliphatic carbocycles. The Kier molecular flexibility index (Phi) is 10.4. The molecule has 0 saturated heterocycles. The summed E-state index contributed by atoms with van der Waals surface area (Å²) in [4.78, 5) is 109. The van der Waals surface area contributed by atoms with Crippen molar-refractivity contribution >= 4 is 53.2 Å². The Morgan fingerprint density at radius 1 is 0.737 bits per heavy atom. The van der Waals surface area contributed by atoms with Gasteiger partial charge in [0.05, 0.1) is 0 Å². The number of hydrogen-bond acceptors (Lipinski definition) is 9. The molecule has 8 amide bonds. The highest BCUT2D eigenvalue weighted by Crippen LogP contribution is 2.06. The number of carbonyl (C=O) groups excluding carboxylic acids is 8. The molecule has 0 aromatic heterocycles. The van der Waals surface area contributed by atoms with Crippen molar-refractivity contribution in [2.24, 2.45) is 5.73 Å². The van der Waals surface area contributed by atoms with Crippen LogP contribution in [0.2, 0.25) is 0 Å². The van der Waals surface area contributed by atoms with Crippen LogP contribution in [0, 0.1) is 0 Å². The minimum absolute atomic E-state index is 0.0213. The quantitative estimate of drug-likeness (QED) is 0.101. The topological polar surface area (TPSA) is 242 Å². The predicted octanol–water partition coefficient (Wildman–Crippen LogP) is -3.95. The maximum atomic E-state index is 12.8. The molecule has 0 saturated carbocycles. The zero-order valence-corrected chi connectivity index (χ0v) is 20.0. The van der Waals surface area contributed by atoms with Gasteiger partial charge in [-0.15, -0.1) is 0 Å². The fourth-order valence-corrected chi connectivity index (χ4v) is 3.40. The smallest absolute Gasteiger partial charge is 0.303 e. The number of aliphatic carboxylic acids is 1. The number of carboxylic acids is 1. The number of carboxylic acid groups (broad SMARTS) is 1. The van der Waals surface area contributed by atoms with Gasteiger partial charge >= 0.3 is 5.97 Å². The van der Waals surface area contributed by atoms with Crippen LogP contribution in [0.3, 0.4) is 0 Å². The summed E-state index contributed by atoms with van der Waals surface area (Å²) in [5.41, 5.74) is 5.37. The SMILES string of the molecule is NC(=O)[C@@H](NC(=O)CCN1C(=O)C=CC1=O)[C@@H](NC(=O)CCN1C(=O)C=CC1=O)C(=O)NCCCC(=O)O.